The van der Waals surface area contributed by atoms with E-state index in [1.54, 1.807) is 4.90 Å². The molecule has 4 nitrogen and oxygen atoms in total. The van der Waals surface area contributed by atoms with Gasteiger partial charge in [0.25, 0.3) is 5.91 Å². The Hall–Kier alpha value is -3.22. The van der Waals surface area contributed by atoms with E-state index >= 15 is 0 Å². The minimum absolute atomic E-state index is 0.0280. The van der Waals surface area contributed by atoms with Crippen molar-refractivity contribution in [1.29, 1.82) is 0 Å². The lowest BCUT2D eigenvalue weighted by Gasteiger charge is -2.23. The highest BCUT2D eigenvalue weighted by Gasteiger charge is 2.31. The number of thioether (sulfide) groups is 1. The number of para-hydroxylation sites is 1. The zero-order chi connectivity index (χ0) is 25.3. The molecule has 2 amide bonds. The Labute approximate surface area is 223 Å². The molecule has 0 unspecified atom stereocenters. The smallest absolute Gasteiger partial charge is 0.266 e. The van der Waals surface area contributed by atoms with Gasteiger partial charge in [0.2, 0.25) is 5.91 Å². The van der Waals surface area contributed by atoms with Gasteiger partial charge in [0.15, 0.2) is 0 Å². The van der Waals surface area contributed by atoms with Crippen LogP contribution in [0.5, 0.6) is 0 Å². The van der Waals surface area contributed by atoms with Crippen LogP contribution in [-0.2, 0) is 16.1 Å². The molecule has 1 aliphatic rings. The predicted octanol–water partition coefficient (Wildman–Crippen LogP) is 6.99. The van der Waals surface area contributed by atoms with Crippen LogP contribution in [0.3, 0.4) is 0 Å². The highest BCUT2D eigenvalue weighted by molar-refractivity contribution is 8.26. The van der Waals surface area contributed by atoms with Gasteiger partial charge in [0.1, 0.15) is 4.32 Å². The van der Waals surface area contributed by atoms with E-state index < -0.39 is 0 Å². The number of carbonyl (C=O) groups excluding carboxylic acids is 2. The molecule has 0 bridgehead atoms. The van der Waals surface area contributed by atoms with E-state index in [1.165, 1.54) is 17.3 Å². The highest BCUT2D eigenvalue weighted by Crippen LogP contribution is 2.33. The van der Waals surface area contributed by atoms with E-state index in [0.29, 0.717) is 28.7 Å². The average molecular weight is 515 g/mol. The fraction of sp³-hybridized carbons (Fsp3) is 0.233. The number of unbranched alkanes of at least 4 members (excludes halogenated alkanes) is 2. The van der Waals surface area contributed by atoms with Crippen molar-refractivity contribution in [2.24, 2.45) is 0 Å². The van der Waals surface area contributed by atoms with E-state index in [1.807, 2.05) is 103 Å². The zero-order valence-corrected chi connectivity index (χ0v) is 22.1. The molecule has 4 rings (SSSR count). The topological polar surface area (TPSA) is 40.6 Å². The summed E-state index contributed by atoms with van der Waals surface area (Å²) in [5, 5.41) is 0. The number of amides is 2. The molecule has 0 N–H and O–H groups in total. The average Bonchev–Trinajstić information content (AvgIpc) is 3.16. The van der Waals surface area contributed by atoms with Gasteiger partial charge in [-0.2, -0.15) is 0 Å². The largest absolute Gasteiger partial charge is 0.308 e. The second kappa shape index (κ2) is 12.7. The van der Waals surface area contributed by atoms with E-state index in [0.717, 1.165) is 36.1 Å². The Morgan fingerprint density at radius 1 is 0.917 bits per heavy atom. The van der Waals surface area contributed by atoms with Gasteiger partial charge in [-0.25, -0.2) is 0 Å². The van der Waals surface area contributed by atoms with Crippen molar-refractivity contribution in [1.82, 2.24) is 4.90 Å². The lowest BCUT2D eigenvalue weighted by atomic mass is 10.1. The molecule has 0 saturated carbocycles. The molecule has 0 aromatic heterocycles. The summed E-state index contributed by atoms with van der Waals surface area (Å²) in [5.41, 5.74) is 4.19. The molecule has 0 radical (unpaired) electrons. The number of hydrogen-bond acceptors (Lipinski definition) is 4. The lowest BCUT2D eigenvalue weighted by Crippen LogP contribution is -2.30. The summed E-state index contributed by atoms with van der Waals surface area (Å²) in [7, 11) is 0. The van der Waals surface area contributed by atoms with E-state index in [-0.39, 0.29) is 11.8 Å². The lowest BCUT2D eigenvalue weighted by molar-refractivity contribution is -0.122. The van der Waals surface area contributed by atoms with E-state index in [4.69, 9.17) is 12.2 Å². The molecule has 6 heteroatoms. The molecule has 1 heterocycles. The number of benzene rings is 3. The molecule has 184 valence electrons. The monoisotopic (exact) mass is 514 g/mol. The molecule has 1 fully saturated rings. The third-order valence-electron chi connectivity index (χ3n) is 6.07. The van der Waals surface area contributed by atoms with Gasteiger partial charge in [-0.3, -0.25) is 14.5 Å². The summed E-state index contributed by atoms with van der Waals surface area (Å²) >= 11 is 6.83. The second-order valence-electron chi connectivity index (χ2n) is 8.86. The number of rotatable bonds is 10. The highest BCUT2D eigenvalue weighted by atomic mass is 32.2. The molecule has 3 aromatic rings. The van der Waals surface area contributed by atoms with Crippen LogP contribution in [0.25, 0.3) is 6.08 Å². The Morgan fingerprint density at radius 3 is 2.28 bits per heavy atom. The van der Waals surface area contributed by atoms with E-state index in [2.05, 4.69) is 0 Å². The van der Waals surface area contributed by atoms with Gasteiger partial charge < -0.3 is 4.90 Å². The summed E-state index contributed by atoms with van der Waals surface area (Å²) in [6.45, 7) is 3.17. The number of hydrogen-bond donors (Lipinski definition) is 0. The van der Waals surface area contributed by atoms with Crippen LogP contribution in [0.15, 0.2) is 89.8 Å². The molecule has 0 atom stereocenters. The SMILES string of the molecule is Cc1ccc(/C=C2\SC(=S)N(CCCCCC(=O)N(Cc3ccccc3)c3ccccc3)C2=O)cc1. The van der Waals surface area contributed by atoms with Crippen LogP contribution in [0.1, 0.15) is 42.4 Å². The predicted molar refractivity (Wildman–Crippen MR) is 154 cm³/mol. The summed E-state index contributed by atoms with van der Waals surface area (Å²) in [6, 6.07) is 27.9. The number of thiocarbonyl (C=S) groups is 1. The van der Waals surface area contributed by atoms with Gasteiger partial charge in [0.05, 0.1) is 11.4 Å². The first-order chi connectivity index (χ1) is 17.5. The van der Waals surface area contributed by atoms with Gasteiger partial charge >= 0.3 is 0 Å². The molecular weight excluding hydrogens is 484 g/mol. The molecular formula is C30H30N2O2S2. The maximum atomic E-state index is 13.1. The Balaban J connectivity index is 1.27. The molecule has 1 aliphatic heterocycles. The van der Waals surface area contributed by atoms with Crippen LogP contribution >= 0.6 is 24.0 Å². The third-order valence-corrected chi connectivity index (χ3v) is 7.45. The fourth-order valence-corrected chi connectivity index (χ4v) is 5.37. The first kappa shape index (κ1) is 25.9. The Kier molecular flexibility index (Phi) is 9.09. The molecule has 36 heavy (non-hydrogen) atoms. The van der Waals surface area contributed by atoms with Crippen LogP contribution < -0.4 is 4.90 Å². The maximum Gasteiger partial charge on any atom is 0.266 e. The van der Waals surface area contributed by atoms with Crippen LogP contribution in [0, 0.1) is 6.92 Å². The standard InChI is InChI=1S/C30H30N2O2S2/c1-23-16-18-24(19-17-23)21-27-29(34)31(30(35)36-27)20-10-4-9-15-28(33)32(26-13-7-3-8-14-26)22-25-11-5-2-6-12-25/h2-3,5-8,11-14,16-19,21H,4,9-10,15,20,22H2,1H3/b27-21-. The molecule has 3 aromatic carbocycles. The quantitative estimate of drug-likeness (QED) is 0.166. The van der Waals surface area contributed by atoms with E-state index in [9.17, 15) is 9.59 Å². The number of nitrogens with zero attached hydrogens (tertiary/aromatic N) is 2. The van der Waals surface area contributed by atoms with Crippen LogP contribution in [0.4, 0.5) is 5.69 Å². The number of aryl methyl sites for hydroxylation is 1. The molecule has 1 saturated heterocycles. The first-order valence-electron chi connectivity index (χ1n) is 12.2. The van der Waals surface area contributed by atoms with Crippen molar-refractivity contribution in [3.63, 3.8) is 0 Å². The van der Waals surface area contributed by atoms with Gasteiger partial charge in [-0.1, -0.05) is 109 Å². The van der Waals surface area contributed by atoms with Gasteiger partial charge in [-0.05, 0) is 49.1 Å². The summed E-state index contributed by atoms with van der Waals surface area (Å²) < 4.78 is 0.604. The zero-order valence-electron chi connectivity index (χ0n) is 20.4. The first-order valence-corrected chi connectivity index (χ1v) is 13.4. The van der Waals surface area contributed by atoms with Gasteiger partial charge in [-0.15, -0.1) is 0 Å². The minimum Gasteiger partial charge on any atom is -0.308 e. The van der Waals surface area contributed by atoms with Crippen molar-refractivity contribution >= 4 is 51.9 Å². The van der Waals surface area contributed by atoms with Crippen molar-refractivity contribution in [2.45, 2.75) is 39.2 Å². The molecule has 0 aliphatic carbocycles. The van der Waals surface area contributed by atoms with Crippen molar-refractivity contribution in [3.05, 3.63) is 107 Å². The van der Waals surface area contributed by atoms with Crippen LogP contribution in [0.2, 0.25) is 0 Å². The van der Waals surface area contributed by atoms with Crippen LogP contribution in [-0.4, -0.2) is 27.6 Å². The molecule has 0 spiro atoms. The van der Waals surface area contributed by atoms with Crippen molar-refractivity contribution in [2.75, 3.05) is 11.4 Å². The fourth-order valence-electron chi connectivity index (χ4n) is 4.06. The Morgan fingerprint density at radius 2 is 1.58 bits per heavy atom. The minimum atomic E-state index is -0.0280. The summed E-state index contributed by atoms with van der Waals surface area (Å²) in [6.07, 6.45) is 4.80. The normalized spacial score (nSPS) is 14.5. The second-order valence-corrected chi connectivity index (χ2v) is 10.5. The summed E-state index contributed by atoms with van der Waals surface area (Å²) in [5.74, 6) is 0.0801. The van der Waals surface area contributed by atoms with Gasteiger partial charge in [0, 0.05) is 18.7 Å². The number of carbonyl (C=O) groups is 2. The summed E-state index contributed by atoms with van der Waals surface area (Å²) in [4.78, 5) is 30.2. The maximum absolute atomic E-state index is 13.1. The van der Waals surface area contributed by atoms with Crippen molar-refractivity contribution in [3.8, 4) is 0 Å². The number of anilines is 1. The Bertz CT molecular complexity index is 1220. The van der Waals surface area contributed by atoms with Crippen molar-refractivity contribution < 1.29 is 9.59 Å². The third kappa shape index (κ3) is 6.93.